The molecule has 138 valence electrons. The second kappa shape index (κ2) is 9.48. The summed E-state index contributed by atoms with van der Waals surface area (Å²) in [6, 6.07) is 17.3. The van der Waals surface area contributed by atoms with Crippen LogP contribution in [0.25, 0.3) is 6.08 Å². The fourth-order valence-corrected chi connectivity index (χ4v) is 3.55. The lowest BCUT2D eigenvalue weighted by atomic mass is 9.89. The molecule has 0 amide bonds. The fourth-order valence-electron chi connectivity index (χ4n) is 3.55. The molecule has 0 saturated carbocycles. The lowest BCUT2D eigenvalue weighted by molar-refractivity contribution is -0.385. The van der Waals surface area contributed by atoms with E-state index in [4.69, 9.17) is 5.73 Å². The molecule has 1 saturated heterocycles. The van der Waals surface area contributed by atoms with Crippen LogP contribution in [0, 0.1) is 16.0 Å². The van der Waals surface area contributed by atoms with Gasteiger partial charge in [0.2, 0.25) is 0 Å². The van der Waals surface area contributed by atoms with Crippen molar-refractivity contribution in [1.29, 1.82) is 0 Å². The number of hydrogen-bond donors (Lipinski definition) is 1. The van der Waals surface area contributed by atoms with Gasteiger partial charge in [0, 0.05) is 31.6 Å². The van der Waals surface area contributed by atoms with Gasteiger partial charge in [0.05, 0.1) is 10.5 Å². The van der Waals surface area contributed by atoms with Crippen LogP contribution in [0.15, 0.2) is 60.7 Å². The maximum Gasteiger partial charge on any atom is 0.276 e. The van der Waals surface area contributed by atoms with Crippen LogP contribution >= 0.6 is 12.4 Å². The molecule has 2 aromatic carbocycles. The van der Waals surface area contributed by atoms with Gasteiger partial charge in [0.15, 0.2) is 0 Å². The Labute approximate surface area is 160 Å². The highest BCUT2D eigenvalue weighted by Crippen LogP contribution is 2.31. The third-order valence-corrected chi connectivity index (χ3v) is 4.84. The zero-order valence-corrected chi connectivity index (χ0v) is 15.3. The molecule has 0 unspecified atom stereocenters. The molecule has 5 nitrogen and oxygen atoms in total. The van der Waals surface area contributed by atoms with Gasteiger partial charge < -0.3 is 5.73 Å². The Balaban J connectivity index is 0.00000243. The molecule has 0 aliphatic carbocycles. The van der Waals surface area contributed by atoms with Crippen molar-refractivity contribution in [1.82, 2.24) is 4.90 Å². The molecule has 2 aromatic rings. The van der Waals surface area contributed by atoms with Crippen LogP contribution in [0.3, 0.4) is 0 Å². The highest BCUT2D eigenvalue weighted by atomic mass is 35.5. The number of likely N-dealkylation sites (tertiary alicyclic amines) is 1. The molecule has 1 fully saturated rings. The Morgan fingerprint density at radius 1 is 1.12 bits per heavy atom. The first kappa shape index (κ1) is 20.1. The lowest BCUT2D eigenvalue weighted by Gasteiger charge is -2.16. The third kappa shape index (κ3) is 4.69. The van der Waals surface area contributed by atoms with Crippen molar-refractivity contribution in [3.05, 3.63) is 81.9 Å². The Hall–Kier alpha value is -2.21. The van der Waals surface area contributed by atoms with Gasteiger partial charge >= 0.3 is 0 Å². The molecular formula is C20H24ClN3O2. The quantitative estimate of drug-likeness (QED) is 0.619. The van der Waals surface area contributed by atoms with E-state index >= 15 is 0 Å². The Morgan fingerprint density at radius 2 is 1.81 bits per heavy atom. The lowest BCUT2D eigenvalue weighted by Crippen LogP contribution is -2.23. The first-order chi connectivity index (χ1) is 12.2. The van der Waals surface area contributed by atoms with Gasteiger partial charge in [-0.05, 0) is 24.1 Å². The first-order valence-corrected chi connectivity index (χ1v) is 8.56. The van der Waals surface area contributed by atoms with E-state index in [1.165, 1.54) is 11.6 Å². The van der Waals surface area contributed by atoms with Gasteiger partial charge in [-0.3, -0.25) is 15.0 Å². The van der Waals surface area contributed by atoms with E-state index in [1.54, 1.807) is 12.1 Å². The number of nitro groups is 1. The minimum absolute atomic E-state index is 0. The van der Waals surface area contributed by atoms with Crippen molar-refractivity contribution in [2.45, 2.75) is 5.92 Å². The Kier molecular flexibility index (Phi) is 7.33. The summed E-state index contributed by atoms with van der Waals surface area (Å²) in [6.07, 6.45) is 3.84. The molecule has 1 heterocycles. The average Bonchev–Trinajstić information content (AvgIpc) is 3.06. The van der Waals surface area contributed by atoms with E-state index in [2.05, 4.69) is 29.2 Å². The van der Waals surface area contributed by atoms with Gasteiger partial charge in [0.25, 0.3) is 5.69 Å². The van der Waals surface area contributed by atoms with Crippen LogP contribution in [0.4, 0.5) is 5.69 Å². The Morgan fingerprint density at radius 3 is 2.50 bits per heavy atom. The molecule has 0 bridgehead atoms. The first-order valence-electron chi connectivity index (χ1n) is 8.56. The predicted molar refractivity (Wildman–Crippen MR) is 108 cm³/mol. The molecule has 0 aromatic heterocycles. The monoisotopic (exact) mass is 373 g/mol. The number of rotatable bonds is 6. The molecule has 1 aliphatic heterocycles. The zero-order valence-electron chi connectivity index (χ0n) is 14.5. The number of nitrogens with zero attached hydrogens (tertiary/aromatic N) is 2. The molecule has 2 N–H and O–H groups in total. The number of hydrogen-bond acceptors (Lipinski definition) is 4. The summed E-state index contributed by atoms with van der Waals surface area (Å²) in [6.45, 7) is 3.36. The summed E-state index contributed by atoms with van der Waals surface area (Å²) in [5.74, 6) is 0.896. The minimum Gasteiger partial charge on any atom is -0.330 e. The molecular weight excluding hydrogens is 350 g/mol. The van der Waals surface area contributed by atoms with Crippen molar-refractivity contribution >= 4 is 24.2 Å². The average molecular weight is 374 g/mol. The predicted octanol–water partition coefficient (Wildman–Crippen LogP) is 3.70. The van der Waals surface area contributed by atoms with Crippen LogP contribution in [0.2, 0.25) is 0 Å². The summed E-state index contributed by atoms with van der Waals surface area (Å²) < 4.78 is 0. The maximum atomic E-state index is 11.1. The van der Waals surface area contributed by atoms with E-state index in [9.17, 15) is 10.1 Å². The molecule has 0 radical (unpaired) electrons. The number of halogens is 1. The topological polar surface area (TPSA) is 72.4 Å². The highest BCUT2D eigenvalue weighted by Gasteiger charge is 2.32. The van der Waals surface area contributed by atoms with E-state index in [0.717, 1.165) is 19.6 Å². The fraction of sp³-hybridized carbons (Fsp3) is 0.300. The number of para-hydroxylation sites is 1. The summed E-state index contributed by atoms with van der Waals surface area (Å²) >= 11 is 0. The van der Waals surface area contributed by atoms with Crippen LogP contribution in [0.5, 0.6) is 0 Å². The van der Waals surface area contributed by atoms with Crippen molar-refractivity contribution in [2.24, 2.45) is 11.7 Å². The molecule has 1 aliphatic rings. The van der Waals surface area contributed by atoms with Gasteiger partial charge in [-0.2, -0.15) is 0 Å². The zero-order chi connectivity index (χ0) is 17.6. The largest absolute Gasteiger partial charge is 0.330 e. The second-order valence-electron chi connectivity index (χ2n) is 6.45. The van der Waals surface area contributed by atoms with Gasteiger partial charge in [-0.1, -0.05) is 54.6 Å². The van der Waals surface area contributed by atoms with Crippen LogP contribution in [-0.2, 0) is 0 Å². The maximum absolute atomic E-state index is 11.1. The van der Waals surface area contributed by atoms with Crippen LogP contribution in [-0.4, -0.2) is 36.0 Å². The molecule has 6 heteroatoms. The van der Waals surface area contributed by atoms with Crippen molar-refractivity contribution in [2.75, 3.05) is 26.2 Å². The summed E-state index contributed by atoms with van der Waals surface area (Å²) in [5.41, 5.74) is 8.09. The van der Waals surface area contributed by atoms with E-state index in [-0.39, 0.29) is 23.0 Å². The van der Waals surface area contributed by atoms with Gasteiger partial charge in [-0.25, -0.2) is 0 Å². The molecule has 3 rings (SSSR count). The Bertz CT molecular complexity index is 752. The number of nitrogens with two attached hydrogens (primary N) is 1. The van der Waals surface area contributed by atoms with Crippen LogP contribution in [0.1, 0.15) is 17.0 Å². The minimum atomic E-state index is -0.342. The molecule has 26 heavy (non-hydrogen) atoms. The summed E-state index contributed by atoms with van der Waals surface area (Å²) in [5, 5.41) is 11.1. The normalized spacial score (nSPS) is 20.2. The highest BCUT2D eigenvalue weighted by molar-refractivity contribution is 5.85. The smallest absolute Gasteiger partial charge is 0.276 e. The van der Waals surface area contributed by atoms with E-state index in [1.807, 2.05) is 24.3 Å². The van der Waals surface area contributed by atoms with Crippen molar-refractivity contribution in [3.63, 3.8) is 0 Å². The van der Waals surface area contributed by atoms with Crippen molar-refractivity contribution in [3.8, 4) is 0 Å². The third-order valence-electron chi connectivity index (χ3n) is 4.84. The SMILES string of the molecule is Cl.NC[C@@H]1CN(C/C=C/c2ccccc2[N+](=O)[O-])C[C@H]1c1ccccc1. The summed E-state index contributed by atoms with van der Waals surface area (Å²) in [7, 11) is 0. The molecule has 2 atom stereocenters. The van der Waals surface area contributed by atoms with E-state index in [0.29, 0.717) is 23.9 Å². The summed E-state index contributed by atoms with van der Waals surface area (Å²) in [4.78, 5) is 13.1. The molecule has 0 spiro atoms. The number of benzene rings is 2. The van der Waals surface area contributed by atoms with Crippen molar-refractivity contribution < 1.29 is 4.92 Å². The van der Waals surface area contributed by atoms with Crippen LogP contribution < -0.4 is 5.73 Å². The second-order valence-corrected chi connectivity index (χ2v) is 6.45. The standard InChI is InChI=1S/C20H23N3O2.ClH/c21-13-18-14-22(15-19(18)16-7-2-1-3-8-16)12-6-10-17-9-4-5-11-20(17)23(24)25;/h1-11,18-19H,12-15,21H2;1H/b10-6+;/t18-,19+;/m1./s1. The number of nitro benzene ring substituents is 1. The van der Waals surface area contributed by atoms with Gasteiger partial charge in [0.1, 0.15) is 0 Å². The van der Waals surface area contributed by atoms with Gasteiger partial charge in [-0.15, -0.1) is 12.4 Å². The van der Waals surface area contributed by atoms with E-state index < -0.39 is 0 Å².